The van der Waals surface area contributed by atoms with Gasteiger partial charge in [-0.25, -0.2) is 0 Å². The molecular formula is C13H27N3O2. The number of rotatable bonds is 7. The second-order valence-corrected chi connectivity index (χ2v) is 5.01. The third kappa shape index (κ3) is 4.23. The van der Waals surface area contributed by atoms with Gasteiger partial charge in [0.1, 0.15) is 6.04 Å². The zero-order valence-corrected chi connectivity index (χ0v) is 12.1. The topological polar surface area (TPSA) is 44.8 Å². The number of carbonyl (C=O) groups is 1. The Hall–Kier alpha value is -0.650. The molecule has 1 aliphatic heterocycles. The van der Waals surface area contributed by atoms with Crippen molar-refractivity contribution in [2.75, 3.05) is 47.4 Å². The molecule has 0 aliphatic carbocycles. The van der Waals surface area contributed by atoms with Crippen molar-refractivity contribution < 1.29 is 9.53 Å². The fraction of sp³-hybridized carbons (Fsp3) is 0.923. The fourth-order valence-electron chi connectivity index (χ4n) is 2.69. The quantitative estimate of drug-likeness (QED) is 0.658. The maximum atomic E-state index is 11.5. The van der Waals surface area contributed by atoms with E-state index in [0.717, 1.165) is 13.1 Å². The summed E-state index contributed by atoms with van der Waals surface area (Å²) in [6.07, 6.45) is 2.55. The molecule has 5 heteroatoms. The summed E-state index contributed by atoms with van der Waals surface area (Å²) in [6.45, 7) is 6.25. The average Bonchev–Trinajstić information content (AvgIpc) is 2.82. The summed E-state index contributed by atoms with van der Waals surface area (Å²) in [6, 6.07) is 0.395. The number of hydrogen-bond acceptors (Lipinski definition) is 5. The normalized spacial score (nSPS) is 22.4. The largest absolute Gasteiger partial charge is 0.468 e. The standard InChI is InChI=1S/C13H27N3O2/c1-5-16-8-6-7-11(16)9-15(3)10-12(14-2)13(17)18-4/h11-12,14H,5-10H2,1-4H3. The number of esters is 1. The molecule has 106 valence electrons. The van der Waals surface area contributed by atoms with Gasteiger partial charge in [-0.3, -0.25) is 9.69 Å². The first-order valence-electron chi connectivity index (χ1n) is 6.80. The van der Waals surface area contributed by atoms with Gasteiger partial charge in [0.15, 0.2) is 0 Å². The molecule has 0 aromatic heterocycles. The van der Waals surface area contributed by atoms with Gasteiger partial charge in [-0.2, -0.15) is 0 Å². The summed E-state index contributed by atoms with van der Waals surface area (Å²) in [5, 5.41) is 3.00. The van der Waals surface area contributed by atoms with Gasteiger partial charge in [-0.15, -0.1) is 0 Å². The number of likely N-dealkylation sites (tertiary alicyclic amines) is 1. The third-order valence-corrected chi connectivity index (χ3v) is 3.76. The lowest BCUT2D eigenvalue weighted by atomic mass is 10.2. The van der Waals surface area contributed by atoms with Gasteiger partial charge < -0.3 is 15.0 Å². The summed E-state index contributed by atoms with van der Waals surface area (Å²) in [7, 11) is 5.30. The van der Waals surface area contributed by atoms with Crippen molar-refractivity contribution in [3.8, 4) is 0 Å². The zero-order chi connectivity index (χ0) is 13.5. The predicted octanol–water partition coefficient (Wildman–Crippen LogP) is 0.164. The van der Waals surface area contributed by atoms with E-state index >= 15 is 0 Å². The van der Waals surface area contributed by atoms with Crippen LogP contribution in [-0.2, 0) is 9.53 Å². The second kappa shape index (κ2) is 7.71. The molecule has 0 bridgehead atoms. The Morgan fingerprint density at radius 1 is 1.61 bits per heavy atom. The molecule has 2 atom stereocenters. The van der Waals surface area contributed by atoms with Gasteiger partial charge in [0.05, 0.1) is 7.11 Å². The van der Waals surface area contributed by atoms with E-state index < -0.39 is 0 Å². The smallest absolute Gasteiger partial charge is 0.324 e. The summed E-state index contributed by atoms with van der Waals surface area (Å²) >= 11 is 0. The van der Waals surface area contributed by atoms with Crippen molar-refractivity contribution in [3.63, 3.8) is 0 Å². The highest BCUT2D eigenvalue weighted by atomic mass is 16.5. The molecule has 2 unspecified atom stereocenters. The van der Waals surface area contributed by atoms with Crippen LogP contribution in [0.2, 0.25) is 0 Å². The first kappa shape index (κ1) is 15.4. The Morgan fingerprint density at radius 3 is 2.89 bits per heavy atom. The molecule has 0 spiro atoms. The van der Waals surface area contributed by atoms with Crippen molar-refractivity contribution in [2.45, 2.75) is 31.8 Å². The predicted molar refractivity (Wildman–Crippen MR) is 72.6 cm³/mol. The summed E-state index contributed by atoms with van der Waals surface area (Å²) < 4.78 is 4.78. The number of nitrogens with one attached hydrogen (secondary N) is 1. The maximum absolute atomic E-state index is 11.5. The van der Waals surface area contributed by atoms with Gasteiger partial charge in [-0.1, -0.05) is 6.92 Å². The van der Waals surface area contributed by atoms with Crippen LogP contribution in [0.4, 0.5) is 0 Å². The number of carbonyl (C=O) groups excluding carboxylic acids is 1. The molecule has 18 heavy (non-hydrogen) atoms. The van der Waals surface area contributed by atoms with Crippen LogP contribution < -0.4 is 5.32 Å². The number of likely N-dealkylation sites (N-methyl/N-ethyl adjacent to an activating group) is 3. The summed E-state index contributed by atoms with van der Waals surface area (Å²) in [4.78, 5) is 16.3. The lowest BCUT2D eigenvalue weighted by Crippen LogP contribution is -2.47. The highest BCUT2D eigenvalue weighted by Gasteiger charge is 2.26. The second-order valence-electron chi connectivity index (χ2n) is 5.01. The van der Waals surface area contributed by atoms with Gasteiger partial charge >= 0.3 is 5.97 Å². The van der Waals surface area contributed by atoms with Crippen LogP contribution in [0.25, 0.3) is 0 Å². The molecule has 0 radical (unpaired) electrons. The minimum absolute atomic E-state index is 0.192. The zero-order valence-electron chi connectivity index (χ0n) is 12.1. The van der Waals surface area contributed by atoms with Gasteiger partial charge in [-0.05, 0) is 40.0 Å². The highest BCUT2D eigenvalue weighted by Crippen LogP contribution is 2.17. The molecule has 1 N–H and O–H groups in total. The average molecular weight is 257 g/mol. The van der Waals surface area contributed by atoms with E-state index in [1.165, 1.54) is 26.5 Å². The molecule has 1 rings (SSSR count). The van der Waals surface area contributed by atoms with Crippen LogP contribution in [0.3, 0.4) is 0 Å². The maximum Gasteiger partial charge on any atom is 0.324 e. The van der Waals surface area contributed by atoms with E-state index in [9.17, 15) is 4.79 Å². The van der Waals surface area contributed by atoms with Crippen molar-refractivity contribution in [1.82, 2.24) is 15.1 Å². The van der Waals surface area contributed by atoms with Crippen LogP contribution >= 0.6 is 0 Å². The Bertz CT molecular complexity index is 261. The summed E-state index contributed by atoms with van der Waals surface area (Å²) in [5.41, 5.74) is 0. The molecule has 1 saturated heterocycles. The van der Waals surface area contributed by atoms with Crippen LogP contribution in [0, 0.1) is 0 Å². The van der Waals surface area contributed by atoms with E-state index in [0.29, 0.717) is 12.6 Å². The summed E-state index contributed by atoms with van der Waals surface area (Å²) in [5.74, 6) is -0.192. The molecule has 1 heterocycles. The number of nitrogens with zero attached hydrogens (tertiary/aromatic N) is 2. The SMILES string of the molecule is CCN1CCCC1CN(C)CC(NC)C(=O)OC. The molecule has 0 aromatic carbocycles. The Labute approximate surface area is 110 Å². The van der Waals surface area contributed by atoms with Crippen molar-refractivity contribution in [2.24, 2.45) is 0 Å². The molecule has 1 aliphatic rings. The Balaban J connectivity index is 2.40. The van der Waals surface area contributed by atoms with Crippen molar-refractivity contribution in [3.05, 3.63) is 0 Å². The molecule has 0 aromatic rings. The molecular weight excluding hydrogens is 230 g/mol. The highest BCUT2D eigenvalue weighted by molar-refractivity contribution is 5.75. The first-order chi connectivity index (χ1) is 8.62. The number of ether oxygens (including phenoxy) is 1. The lowest BCUT2D eigenvalue weighted by molar-refractivity contribution is -0.143. The van der Waals surface area contributed by atoms with Crippen LogP contribution in [0.15, 0.2) is 0 Å². The first-order valence-corrected chi connectivity index (χ1v) is 6.80. The van der Waals surface area contributed by atoms with E-state index in [4.69, 9.17) is 4.74 Å². The van der Waals surface area contributed by atoms with Gasteiger partial charge in [0, 0.05) is 19.1 Å². The lowest BCUT2D eigenvalue weighted by Gasteiger charge is -2.29. The molecule has 0 amide bonds. The molecule has 5 nitrogen and oxygen atoms in total. The minimum Gasteiger partial charge on any atom is -0.468 e. The monoisotopic (exact) mass is 257 g/mol. The Kier molecular flexibility index (Phi) is 6.60. The van der Waals surface area contributed by atoms with Crippen LogP contribution in [-0.4, -0.2) is 75.2 Å². The van der Waals surface area contributed by atoms with E-state index in [1.807, 2.05) is 0 Å². The molecule has 1 fully saturated rings. The van der Waals surface area contributed by atoms with Gasteiger partial charge in [0.25, 0.3) is 0 Å². The van der Waals surface area contributed by atoms with E-state index in [-0.39, 0.29) is 12.0 Å². The minimum atomic E-state index is -0.239. The van der Waals surface area contributed by atoms with Crippen molar-refractivity contribution >= 4 is 5.97 Å². The number of hydrogen-bond donors (Lipinski definition) is 1. The van der Waals surface area contributed by atoms with E-state index in [2.05, 4.69) is 29.1 Å². The number of methoxy groups -OCH3 is 1. The van der Waals surface area contributed by atoms with Crippen molar-refractivity contribution in [1.29, 1.82) is 0 Å². The molecule has 0 saturated carbocycles. The van der Waals surface area contributed by atoms with E-state index in [1.54, 1.807) is 7.05 Å². The van der Waals surface area contributed by atoms with Crippen LogP contribution in [0.1, 0.15) is 19.8 Å². The third-order valence-electron chi connectivity index (χ3n) is 3.76. The van der Waals surface area contributed by atoms with Crippen LogP contribution in [0.5, 0.6) is 0 Å². The van der Waals surface area contributed by atoms with Gasteiger partial charge in [0.2, 0.25) is 0 Å². The Morgan fingerprint density at radius 2 is 2.33 bits per heavy atom. The fourth-order valence-corrected chi connectivity index (χ4v) is 2.69.